The molecule has 0 aliphatic rings. The molecule has 1 aromatic heterocycles. The van der Waals surface area contributed by atoms with Crippen molar-refractivity contribution in [2.24, 2.45) is 7.05 Å². The van der Waals surface area contributed by atoms with Crippen molar-refractivity contribution in [3.63, 3.8) is 0 Å². The third-order valence-corrected chi connectivity index (χ3v) is 2.14. The lowest BCUT2D eigenvalue weighted by molar-refractivity contribution is 0.516. The molecule has 1 rings (SSSR count). The summed E-state index contributed by atoms with van der Waals surface area (Å²) in [5, 5.41) is 3.39. The van der Waals surface area contributed by atoms with Gasteiger partial charge in [0.2, 0.25) is 0 Å². The topological polar surface area (TPSA) is 29.9 Å². The van der Waals surface area contributed by atoms with E-state index in [4.69, 9.17) is 0 Å². The quantitative estimate of drug-likeness (QED) is 0.732. The van der Waals surface area contributed by atoms with Crippen LogP contribution in [0.2, 0.25) is 0 Å². The highest BCUT2D eigenvalue weighted by Crippen LogP contribution is 1.95. The van der Waals surface area contributed by atoms with Crippen LogP contribution in [0.4, 0.5) is 0 Å². The zero-order chi connectivity index (χ0) is 8.97. The summed E-state index contributed by atoms with van der Waals surface area (Å²) < 4.78 is 2.04. The van der Waals surface area contributed by atoms with E-state index in [1.54, 1.807) is 0 Å². The van der Waals surface area contributed by atoms with E-state index < -0.39 is 0 Å². The highest BCUT2D eigenvalue weighted by atomic mass is 15.1. The van der Waals surface area contributed by atoms with Crippen molar-refractivity contribution in [2.45, 2.75) is 32.9 Å². The standard InChI is InChI=1S/C9H17N3/c1-4-8(2)11-7-9-10-5-6-12(9)3/h5-6,8,11H,4,7H2,1-3H3. The van der Waals surface area contributed by atoms with Crippen molar-refractivity contribution in [2.75, 3.05) is 0 Å². The van der Waals surface area contributed by atoms with E-state index in [1.807, 2.05) is 24.0 Å². The summed E-state index contributed by atoms with van der Waals surface area (Å²) in [5.74, 6) is 1.09. The molecule has 0 saturated carbocycles. The predicted octanol–water partition coefficient (Wildman–Crippen LogP) is 1.31. The normalized spacial score (nSPS) is 13.2. The van der Waals surface area contributed by atoms with Crippen LogP contribution >= 0.6 is 0 Å². The molecule has 0 amide bonds. The van der Waals surface area contributed by atoms with Crippen LogP contribution in [0.15, 0.2) is 12.4 Å². The molecule has 0 fully saturated rings. The molecule has 0 saturated heterocycles. The Morgan fingerprint density at radius 3 is 2.92 bits per heavy atom. The van der Waals surface area contributed by atoms with Crippen LogP contribution in [0.1, 0.15) is 26.1 Å². The molecule has 1 aromatic rings. The molecule has 0 bridgehead atoms. The first-order valence-electron chi connectivity index (χ1n) is 4.43. The molecule has 1 unspecified atom stereocenters. The van der Waals surface area contributed by atoms with Crippen molar-refractivity contribution < 1.29 is 0 Å². The number of nitrogens with one attached hydrogen (secondary N) is 1. The van der Waals surface area contributed by atoms with Crippen molar-refractivity contribution >= 4 is 0 Å². The Kier molecular flexibility index (Phi) is 3.29. The molecule has 0 spiro atoms. The third-order valence-electron chi connectivity index (χ3n) is 2.14. The van der Waals surface area contributed by atoms with E-state index in [9.17, 15) is 0 Å². The van der Waals surface area contributed by atoms with Gasteiger partial charge >= 0.3 is 0 Å². The van der Waals surface area contributed by atoms with Crippen LogP contribution in [-0.4, -0.2) is 15.6 Å². The van der Waals surface area contributed by atoms with Crippen LogP contribution in [-0.2, 0) is 13.6 Å². The van der Waals surface area contributed by atoms with Crippen LogP contribution < -0.4 is 5.32 Å². The first kappa shape index (κ1) is 9.26. The summed E-state index contributed by atoms with van der Waals surface area (Å²) in [6.07, 6.45) is 4.95. The molecule has 0 aliphatic carbocycles. The van der Waals surface area contributed by atoms with Gasteiger partial charge in [0.05, 0.1) is 6.54 Å². The van der Waals surface area contributed by atoms with E-state index in [2.05, 4.69) is 24.1 Å². The average Bonchev–Trinajstić information content (AvgIpc) is 2.47. The maximum atomic E-state index is 4.22. The molecule has 1 atom stereocenters. The summed E-state index contributed by atoms with van der Waals surface area (Å²) in [6, 6.07) is 0.571. The molecule has 3 heteroatoms. The lowest BCUT2D eigenvalue weighted by atomic mass is 10.2. The molecule has 1 N–H and O–H groups in total. The first-order valence-corrected chi connectivity index (χ1v) is 4.43. The van der Waals surface area contributed by atoms with E-state index in [0.717, 1.165) is 18.8 Å². The molecule has 0 aliphatic heterocycles. The second-order valence-electron chi connectivity index (χ2n) is 3.14. The largest absolute Gasteiger partial charge is 0.337 e. The first-order chi connectivity index (χ1) is 5.74. The number of imidazole rings is 1. The molecule has 3 nitrogen and oxygen atoms in total. The van der Waals surface area contributed by atoms with Gasteiger partial charge in [0.15, 0.2) is 0 Å². The molecule has 1 heterocycles. The lowest BCUT2D eigenvalue weighted by Gasteiger charge is -2.10. The predicted molar refractivity (Wildman–Crippen MR) is 49.8 cm³/mol. The lowest BCUT2D eigenvalue weighted by Crippen LogP contribution is -2.25. The van der Waals surface area contributed by atoms with Crippen LogP contribution in [0.25, 0.3) is 0 Å². The molecular formula is C9H17N3. The fraction of sp³-hybridized carbons (Fsp3) is 0.667. The van der Waals surface area contributed by atoms with Crippen LogP contribution in [0.5, 0.6) is 0 Å². The summed E-state index contributed by atoms with van der Waals surface area (Å²) in [5.41, 5.74) is 0. The zero-order valence-corrected chi connectivity index (χ0v) is 8.04. The fourth-order valence-electron chi connectivity index (χ4n) is 0.977. The van der Waals surface area contributed by atoms with Gasteiger partial charge in [0, 0.05) is 25.5 Å². The average molecular weight is 167 g/mol. The summed E-state index contributed by atoms with van der Waals surface area (Å²) in [4.78, 5) is 4.22. The van der Waals surface area contributed by atoms with Crippen molar-refractivity contribution in [3.8, 4) is 0 Å². The summed E-state index contributed by atoms with van der Waals surface area (Å²) in [6.45, 7) is 5.22. The third kappa shape index (κ3) is 2.34. The minimum Gasteiger partial charge on any atom is -0.337 e. The highest BCUT2D eigenvalue weighted by Gasteiger charge is 2.00. The maximum Gasteiger partial charge on any atom is 0.122 e. The van der Waals surface area contributed by atoms with Gasteiger partial charge in [0.1, 0.15) is 5.82 Å². The Bertz CT molecular complexity index is 229. The van der Waals surface area contributed by atoms with Crippen LogP contribution in [0.3, 0.4) is 0 Å². The van der Waals surface area contributed by atoms with E-state index in [-0.39, 0.29) is 0 Å². The monoisotopic (exact) mass is 167 g/mol. The van der Waals surface area contributed by atoms with E-state index >= 15 is 0 Å². The second-order valence-corrected chi connectivity index (χ2v) is 3.14. The van der Waals surface area contributed by atoms with Gasteiger partial charge < -0.3 is 9.88 Å². The number of hydrogen-bond donors (Lipinski definition) is 1. The smallest absolute Gasteiger partial charge is 0.122 e. The molecule has 0 radical (unpaired) electrons. The zero-order valence-electron chi connectivity index (χ0n) is 8.04. The molecule has 68 valence electrons. The Labute approximate surface area is 73.8 Å². The fourth-order valence-corrected chi connectivity index (χ4v) is 0.977. The second kappa shape index (κ2) is 4.26. The van der Waals surface area contributed by atoms with Gasteiger partial charge in [-0.05, 0) is 13.3 Å². The van der Waals surface area contributed by atoms with Gasteiger partial charge in [-0.1, -0.05) is 6.92 Å². The number of aryl methyl sites for hydroxylation is 1. The number of aromatic nitrogens is 2. The molecular weight excluding hydrogens is 150 g/mol. The maximum absolute atomic E-state index is 4.22. The van der Waals surface area contributed by atoms with Crippen molar-refractivity contribution in [1.82, 2.24) is 14.9 Å². The van der Waals surface area contributed by atoms with Gasteiger partial charge in [-0.3, -0.25) is 0 Å². The number of nitrogens with zero attached hydrogens (tertiary/aromatic N) is 2. The number of rotatable bonds is 4. The van der Waals surface area contributed by atoms with Gasteiger partial charge in [-0.2, -0.15) is 0 Å². The van der Waals surface area contributed by atoms with E-state index in [1.165, 1.54) is 0 Å². The Hall–Kier alpha value is -0.830. The Balaban J connectivity index is 2.38. The van der Waals surface area contributed by atoms with Crippen LogP contribution in [0, 0.1) is 0 Å². The van der Waals surface area contributed by atoms with Gasteiger partial charge in [-0.15, -0.1) is 0 Å². The van der Waals surface area contributed by atoms with Crippen molar-refractivity contribution in [3.05, 3.63) is 18.2 Å². The summed E-state index contributed by atoms with van der Waals surface area (Å²) >= 11 is 0. The summed E-state index contributed by atoms with van der Waals surface area (Å²) in [7, 11) is 2.01. The minimum absolute atomic E-state index is 0.571. The van der Waals surface area contributed by atoms with E-state index in [0.29, 0.717) is 6.04 Å². The Morgan fingerprint density at radius 2 is 2.42 bits per heavy atom. The molecule has 0 aromatic carbocycles. The highest BCUT2D eigenvalue weighted by molar-refractivity contribution is 4.90. The van der Waals surface area contributed by atoms with Gasteiger partial charge in [-0.25, -0.2) is 4.98 Å². The Morgan fingerprint density at radius 1 is 1.67 bits per heavy atom. The van der Waals surface area contributed by atoms with Crippen molar-refractivity contribution in [1.29, 1.82) is 0 Å². The number of hydrogen-bond acceptors (Lipinski definition) is 2. The molecule has 12 heavy (non-hydrogen) atoms. The minimum atomic E-state index is 0.571. The van der Waals surface area contributed by atoms with Gasteiger partial charge in [0.25, 0.3) is 0 Å². The SMILES string of the molecule is CCC(C)NCc1nccn1C.